The van der Waals surface area contributed by atoms with Crippen LogP contribution in [0.25, 0.3) is 104 Å². The molecule has 0 unspecified atom stereocenters. The maximum absolute atomic E-state index is 2.51. The molecular formula is C66H44N2. The molecule has 0 fully saturated rings. The van der Waals surface area contributed by atoms with Crippen LogP contribution in [-0.2, 0) is 0 Å². The fraction of sp³-hybridized carbons (Fsp3) is 0. The Morgan fingerprint density at radius 3 is 1.41 bits per heavy atom. The van der Waals surface area contributed by atoms with Crippen molar-refractivity contribution in [2.24, 2.45) is 0 Å². The number of hydrogen-bond acceptors (Lipinski definition) is 1. The van der Waals surface area contributed by atoms with Gasteiger partial charge >= 0.3 is 0 Å². The largest absolute Gasteiger partial charge is 0.309 e. The first-order valence-electron chi connectivity index (χ1n) is 23.4. The second-order valence-corrected chi connectivity index (χ2v) is 17.6. The number of hydrogen-bond donors (Lipinski definition) is 0. The monoisotopic (exact) mass is 864 g/mol. The van der Waals surface area contributed by atoms with Crippen LogP contribution in [0.3, 0.4) is 0 Å². The van der Waals surface area contributed by atoms with Crippen molar-refractivity contribution >= 4 is 71.2 Å². The Bertz CT molecular complexity index is 3980. The van der Waals surface area contributed by atoms with E-state index >= 15 is 0 Å². The van der Waals surface area contributed by atoms with E-state index in [2.05, 4.69) is 276 Å². The minimum Gasteiger partial charge on any atom is -0.309 e. The molecule has 0 spiro atoms. The molecular weight excluding hydrogens is 821 g/mol. The van der Waals surface area contributed by atoms with Crippen LogP contribution in [0.5, 0.6) is 0 Å². The molecule has 0 aliphatic rings. The quantitative estimate of drug-likeness (QED) is 0.148. The van der Waals surface area contributed by atoms with Crippen molar-refractivity contribution in [3.63, 3.8) is 0 Å². The molecule has 2 heteroatoms. The summed E-state index contributed by atoms with van der Waals surface area (Å²) in [4.78, 5) is 2.51. The first-order valence-corrected chi connectivity index (χ1v) is 23.4. The van der Waals surface area contributed by atoms with Crippen molar-refractivity contribution in [1.29, 1.82) is 0 Å². The summed E-state index contributed by atoms with van der Waals surface area (Å²) < 4.78 is 2.41. The number of anilines is 3. The summed E-state index contributed by atoms with van der Waals surface area (Å²) in [5.41, 5.74) is 16.2. The van der Waals surface area contributed by atoms with Crippen LogP contribution in [0.2, 0.25) is 0 Å². The van der Waals surface area contributed by atoms with E-state index < -0.39 is 0 Å². The highest BCUT2D eigenvalue weighted by molar-refractivity contribution is 6.12. The Labute approximate surface area is 395 Å². The molecule has 1 aromatic heterocycles. The van der Waals surface area contributed by atoms with Gasteiger partial charge in [-0.15, -0.1) is 0 Å². The highest BCUT2D eigenvalue weighted by Crippen LogP contribution is 2.48. The molecule has 68 heavy (non-hydrogen) atoms. The summed E-state index contributed by atoms with van der Waals surface area (Å²) in [7, 11) is 0. The fourth-order valence-corrected chi connectivity index (χ4v) is 10.7. The lowest BCUT2D eigenvalue weighted by atomic mass is 9.92. The standard InChI is InChI=1S/C66H44N2/c1-2-19-45(20-3-1)49-41-50(48-25-16-26-51(42-48)67-64-37-14-11-32-61(64)62-33-12-15-38-65(62)67)44-52(43-49)68(63-36-13-10-31-59(63)56-35-18-24-47-22-5-7-28-54(47)56)66-40-39-58(57-29-8-9-30-60(57)66)55-34-17-23-46-21-4-6-27-53(46)55/h1-44H. The molecule has 0 radical (unpaired) electrons. The molecule has 2 nitrogen and oxygen atoms in total. The minimum absolute atomic E-state index is 1.07. The summed E-state index contributed by atoms with van der Waals surface area (Å²) in [5, 5.41) is 9.79. The maximum Gasteiger partial charge on any atom is 0.0541 e. The van der Waals surface area contributed by atoms with Gasteiger partial charge in [-0.25, -0.2) is 0 Å². The first kappa shape index (κ1) is 39.4. The molecule has 0 amide bonds. The zero-order valence-corrected chi connectivity index (χ0v) is 37.3. The number of para-hydroxylation sites is 3. The van der Waals surface area contributed by atoms with Crippen LogP contribution in [-0.4, -0.2) is 4.57 Å². The third-order valence-corrected chi connectivity index (χ3v) is 13.7. The van der Waals surface area contributed by atoms with Gasteiger partial charge in [0.15, 0.2) is 0 Å². The summed E-state index contributed by atoms with van der Waals surface area (Å²) in [6.07, 6.45) is 0. The van der Waals surface area contributed by atoms with Crippen LogP contribution in [0.4, 0.5) is 17.1 Å². The van der Waals surface area contributed by atoms with Crippen LogP contribution >= 0.6 is 0 Å². The van der Waals surface area contributed by atoms with Gasteiger partial charge in [-0.1, -0.05) is 212 Å². The highest BCUT2D eigenvalue weighted by atomic mass is 15.1. The molecule has 1 heterocycles. The Hall–Kier alpha value is -8.98. The Balaban J connectivity index is 1.08. The van der Waals surface area contributed by atoms with Gasteiger partial charge in [-0.3, -0.25) is 0 Å². The van der Waals surface area contributed by atoms with Crippen molar-refractivity contribution in [2.45, 2.75) is 0 Å². The van der Waals surface area contributed by atoms with Crippen molar-refractivity contribution in [3.05, 3.63) is 267 Å². The summed E-state index contributed by atoms with van der Waals surface area (Å²) in [6.45, 7) is 0. The predicted octanol–water partition coefficient (Wildman–Crippen LogP) is 18.4. The number of aromatic nitrogens is 1. The van der Waals surface area contributed by atoms with E-state index in [1.807, 2.05) is 0 Å². The van der Waals surface area contributed by atoms with Crippen LogP contribution in [0, 0.1) is 0 Å². The lowest BCUT2D eigenvalue weighted by molar-refractivity contribution is 1.18. The molecule has 0 saturated carbocycles. The van der Waals surface area contributed by atoms with Crippen molar-refractivity contribution in [3.8, 4) is 50.2 Å². The predicted molar refractivity (Wildman–Crippen MR) is 290 cm³/mol. The Morgan fingerprint density at radius 1 is 0.250 bits per heavy atom. The third-order valence-electron chi connectivity index (χ3n) is 13.7. The Kier molecular flexibility index (Phi) is 9.54. The SMILES string of the molecule is c1ccc(-c2cc(-c3cccc(-n4c5ccccc5c5ccccc54)c3)cc(N(c3ccccc3-c3cccc4ccccc34)c3ccc(-c4cccc5ccccc45)c4ccccc34)c2)cc1. The molecule has 13 aromatic rings. The van der Waals surface area contributed by atoms with Gasteiger partial charge in [0.05, 0.1) is 22.4 Å². The van der Waals surface area contributed by atoms with Gasteiger partial charge in [-0.2, -0.15) is 0 Å². The number of benzene rings is 12. The normalized spacial score (nSPS) is 11.5. The minimum atomic E-state index is 1.07. The van der Waals surface area contributed by atoms with Gasteiger partial charge in [0.2, 0.25) is 0 Å². The van der Waals surface area contributed by atoms with Gasteiger partial charge in [0, 0.05) is 33.1 Å². The summed E-state index contributed by atoms with van der Waals surface area (Å²) in [6, 6.07) is 97.8. The van der Waals surface area contributed by atoms with E-state index in [9.17, 15) is 0 Å². The van der Waals surface area contributed by atoms with Gasteiger partial charge in [-0.05, 0) is 120 Å². The molecule has 0 saturated heterocycles. The number of rotatable bonds is 8. The van der Waals surface area contributed by atoms with E-state index in [1.165, 1.54) is 70.8 Å². The van der Waals surface area contributed by atoms with E-state index in [4.69, 9.17) is 0 Å². The van der Waals surface area contributed by atoms with E-state index in [0.29, 0.717) is 0 Å². The summed E-state index contributed by atoms with van der Waals surface area (Å²) in [5.74, 6) is 0. The molecule has 0 aliphatic heterocycles. The second kappa shape index (κ2) is 16.5. The molecule has 13 rings (SSSR count). The zero-order chi connectivity index (χ0) is 45.0. The Morgan fingerprint density at radius 2 is 0.721 bits per heavy atom. The molecule has 12 aromatic carbocycles. The lowest BCUT2D eigenvalue weighted by Crippen LogP contribution is -2.12. The van der Waals surface area contributed by atoms with Gasteiger partial charge < -0.3 is 9.47 Å². The number of nitrogens with zero attached hydrogens (tertiary/aromatic N) is 2. The van der Waals surface area contributed by atoms with Crippen LogP contribution in [0.1, 0.15) is 0 Å². The van der Waals surface area contributed by atoms with E-state index in [0.717, 1.165) is 50.6 Å². The fourth-order valence-electron chi connectivity index (χ4n) is 10.7. The second-order valence-electron chi connectivity index (χ2n) is 17.6. The van der Waals surface area contributed by atoms with Crippen molar-refractivity contribution < 1.29 is 0 Å². The van der Waals surface area contributed by atoms with Gasteiger partial charge in [0.25, 0.3) is 0 Å². The van der Waals surface area contributed by atoms with E-state index in [-0.39, 0.29) is 0 Å². The molecule has 0 atom stereocenters. The first-order chi connectivity index (χ1) is 33.7. The van der Waals surface area contributed by atoms with Crippen LogP contribution in [0.15, 0.2) is 267 Å². The van der Waals surface area contributed by atoms with Gasteiger partial charge in [0.1, 0.15) is 0 Å². The molecule has 318 valence electrons. The smallest absolute Gasteiger partial charge is 0.0541 e. The lowest BCUT2D eigenvalue weighted by Gasteiger charge is -2.31. The zero-order valence-electron chi connectivity index (χ0n) is 37.3. The van der Waals surface area contributed by atoms with Crippen LogP contribution < -0.4 is 4.90 Å². The average Bonchev–Trinajstić information content (AvgIpc) is 3.75. The highest BCUT2D eigenvalue weighted by Gasteiger charge is 2.23. The molecule has 0 aliphatic carbocycles. The molecule has 0 N–H and O–H groups in total. The third kappa shape index (κ3) is 6.65. The van der Waals surface area contributed by atoms with Crippen molar-refractivity contribution in [1.82, 2.24) is 4.57 Å². The summed E-state index contributed by atoms with van der Waals surface area (Å²) >= 11 is 0. The van der Waals surface area contributed by atoms with E-state index in [1.54, 1.807) is 0 Å². The van der Waals surface area contributed by atoms with Crippen molar-refractivity contribution in [2.75, 3.05) is 4.90 Å². The average molecular weight is 865 g/mol. The maximum atomic E-state index is 2.51. The number of fused-ring (bicyclic) bond motifs is 6. The topological polar surface area (TPSA) is 8.17 Å². The molecule has 0 bridgehead atoms.